The van der Waals surface area contributed by atoms with Gasteiger partial charge in [0.2, 0.25) is 5.91 Å². The number of benzene rings is 1. The summed E-state index contributed by atoms with van der Waals surface area (Å²) in [6.45, 7) is 2.02. The van der Waals surface area contributed by atoms with Crippen molar-refractivity contribution >= 4 is 16.8 Å². The lowest BCUT2D eigenvalue weighted by atomic mass is 10.0. The van der Waals surface area contributed by atoms with Crippen molar-refractivity contribution < 1.29 is 9.53 Å². The van der Waals surface area contributed by atoms with E-state index in [1.54, 1.807) is 7.11 Å². The number of nitrogens with zero attached hydrogens (tertiary/aromatic N) is 1. The molecule has 2 N–H and O–H groups in total. The molecule has 0 saturated carbocycles. The highest BCUT2D eigenvalue weighted by molar-refractivity contribution is 5.94. The van der Waals surface area contributed by atoms with E-state index in [0.29, 0.717) is 0 Å². The zero-order chi connectivity index (χ0) is 12.6. The Morgan fingerprint density at radius 2 is 2.18 bits per heavy atom. The molecule has 0 aliphatic carbocycles. The van der Waals surface area contributed by atoms with Crippen LogP contribution in [-0.4, -0.2) is 17.6 Å². The van der Waals surface area contributed by atoms with E-state index in [-0.39, 0.29) is 12.3 Å². The molecule has 90 valence electrons. The molecule has 1 amide bonds. The van der Waals surface area contributed by atoms with Crippen LogP contribution >= 0.6 is 0 Å². The smallest absolute Gasteiger partial charge is 0.221 e. The summed E-state index contributed by atoms with van der Waals surface area (Å²) in [7, 11) is 3.58. The second kappa shape index (κ2) is 4.13. The van der Waals surface area contributed by atoms with Gasteiger partial charge < -0.3 is 15.0 Å². The van der Waals surface area contributed by atoms with Crippen LogP contribution in [0.5, 0.6) is 5.75 Å². The van der Waals surface area contributed by atoms with Gasteiger partial charge in [-0.05, 0) is 24.1 Å². The number of carbonyl (C=O) groups is 1. The van der Waals surface area contributed by atoms with Gasteiger partial charge in [-0.1, -0.05) is 6.07 Å². The molecule has 0 unspecified atom stereocenters. The Morgan fingerprint density at radius 3 is 2.76 bits per heavy atom. The Morgan fingerprint density at radius 1 is 1.47 bits per heavy atom. The summed E-state index contributed by atoms with van der Waals surface area (Å²) in [5, 5.41) is 1.06. The number of ether oxygens (including phenoxy) is 1. The predicted octanol–water partition coefficient (Wildman–Crippen LogP) is 1.52. The molecule has 1 aromatic heterocycles. The van der Waals surface area contributed by atoms with Crippen molar-refractivity contribution in [2.45, 2.75) is 13.3 Å². The average molecular weight is 232 g/mol. The van der Waals surface area contributed by atoms with Crippen molar-refractivity contribution in [1.29, 1.82) is 0 Å². The van der Waals surface area contributed by atoms with E-state index in [0.717, 1.165) is 27.8 Å². The Balaban J connectivity index is 2.76. The van der Waals surface area contributed by atoms with Crippen LogP contribution in [0.3, 0.4) is 0 Å². The molecule has 0 spiro atoms. The fourth-order valence-electron chi connectivity index (χ4n) is 2.28. The summed E-state index contributed by atoms with van der Waals surface area (Å²) in [6.07, 6.45) is 2.19. The van der Waals surface area contributed by atoms with Crippen LogP contribution in [0.15, 0.2) is 18.3 Å². The van der Waals surface area contributed by atoms with Crippen LogP contribution in [0.4, 0.5) is 0 Å². The van der Waals surface area contributed by atoms with Crippen molar-refractivity contribution in [3.63, 3.8) is 0 Å². The molecule has 1 aromatic carbocycles. The number of aryl methyl sites for hydroxylation is 2. The van der Waals surface area contributed by atoms with Gasteiger partial charge in [-0.3, -0.25) is 4.79 Å². The van der Waals surface area contributed by atoms with E-state index in [2.05, 4.69) is 0 Å². The molecular weight excluding hydrogens is 216 g/mol. The number of hydrogen-bond donors (Lipinski definition) is 1. The van der Waals surface area contributed by atoms with Gasteiger partial charge in [0.1, 0.15) is 5.75 Å². The zero-order valence-corrected chi connectivity index (χ0v) is 10.3. The molecule has 0 aliphatic heterocycles. The maximum atomic E-state index is 11.1. The number of rotatable bonds is 3. The molecule has 4 nitrogen and oxygen atoms in total. The molecule has 0 atom stereocenters. The standard InChI is InChI=1S/C13H16N2O2/c1-8-4-5-10(17-3)13-12(8)9(6-11(14)16)7-15(13)2/h4-5,7H,6H2,1-3H3,(H2,14,16). The average Bonchev–Trinajstić information content (AvgIpc) is 2.57. The van der Waals surface area contributed by atoms with E-state index >= 15 is 0 Å². The molecule has 0 bridgehead atoms. The quantitative estimate of drug-likeness (QED) is 0.872. The van der Waals surface area contributed by atoms with E-state index in [1.807, 2.05) is 36.9 Å². The molecule has 0 fully saturated rings. The highest BCUT2D eigenvalue weighted by Crippen LogP contribution is 2.32. The Labute approximate surface area is 100.0 Å². The maximum Gasteiger partial charge on any atom is 0.221 e. The lowest BCUT2D eigenvalue weighted by molar-refractivity contribution is -0.117. The van der Waals surface area contributed by atoms with Crippen LogP contribution in [-0.2, 0) is 18.3 Å². The molecule has 4 heteroatoms. The number of hydrogen-bond acceptors (Lipinski definition) is 2. The molecule has 0 saturated heterocycles. The van der Waals surface area contributed by atoms with Gasteiger partial charge >= 0.3 is 0 Å². The van der Waals surface area contributed by atoms with Gasteiger partial charge in [-0.2, -0.15) is 0 Å². The van der Waals surface area contributed by atoms with Crippen molar-refractivity contribution in [2.75, 3.05) is 7.11 Å². The monoisotopic (exact) mass is 232 g/mol. The third-order valence-electron chi connectivity index (χ3n) is 2.96. The van der Waals surface area contributed by atoms with Gasteiger partial charge in [0.15, 0.2) is 0 Å². The maximum absolute atomic E-state index is 11.1. The molecule has 2 aromatic rings. The minimum Gasteiger partial charge on any atom is -0.495 e. The molecule has 1 heterocycles. The van der Waals surface area contributed by atoms with Crippen LogP contribution < -0.4 is 10.5 Å². The molecule has 0 aliphatic rings. The molecule has 2 rings (SSSR count). The van der Waals surface area contributed by atoms with Crippen molar-refractivity contribution in [2.24, 2.45) is 12.8 Å². The fourth-order valence-corrected chi connectivity index (χ4v) is 2.28. The van der Waals surface area contributed by atoms with Crippen LogP contribution in [0.1, 0.15) is 11.1 Å². The first-order chi connectivity index (χ1) is 8.04. The number of fused-ring (bicyclic) bond motifs is 1. The Kier molecular flexibility index (Phi) is 2.79. The summed E-state index contributed by atoms with van der Waals surface area (Å²) >= 11 is 0. The largest absolute Gasteiger partial charge is 0.495 e. The number of nitrogens with two attached hydrogens (primary N) is 1. The van der Waals surface area contributed by atoms with Crippen molar-refractivity contribution in [1.82, 2.24) is 4.57 Å². The van der Waals surface area contributed by atoms with Gasteiger partial charge in [0.25, 0.3) is 0 Å². The number of aromatic nitrogens is 1. The summed E-state index contributed by atoms with van der Waals surface area (Å²) < 4.78 is 7.32. The summed E-state index contributed by atoms with van der Waals surface area (Å²) in [4.78, 5) is 11.1. The number of amides is 1. The number of carbonyl (C=O) groups excluding carboxylic acids is 1. The summed E-state index contributed by atoms with van der Waals surface area (Å²) in [5.74, 6) is 0.489. The lowest BCUT2D eigenvalue weighted by Gasteiger charge is -2.06. The molecular formula is C13H16N2O2. The molecule has 17 heavy (non-hydrogen) atoms. The first kappa shape index (κ1) is 11.5. The fraction of sp³-hybridized carbons (Fsp3) is 0.308. The number of primary amides is 1. The third-order valence-corrected chi connectivity index (χ3v) is 2.96. The predicted molar refractivity (Wildman–Crippen MR) is 67.1 cm³/mol. The third kappa shape index (κ3) is 1.86. The van der Waals surface area contributed by atoms with Crippen LogP contribution in [0.2, 0.25) is 0 Å². The minimum absolute atomic E-state index is 0.255. The van der Waals surface area contributed by atoms with Gasteiger partial charge in [-0.25, -0.2) is 0 Å². The zero-order valence-electron chi connectivity index (χ0n) is 10.3. The molecule has 0 radical (unpaired) electrons. The van der Waals surface area contributed by atoms with E-state index in [1.165, 1.54) is 0 Å². The van der Waals surface area contributed by atoms with Crippen molar-refractivity contribution in [3.8, 4) is 5.75 Å². The van der Waals surface area contributed by atoms with Crippen LogP contribution in [0.25, 0.3) is 10.9 Å². The van der Waals surface area contributed by atoms with E-state index in [9.17, 15) is 4.79 Å². The van der Waals surface area contributed by atoms with E-state index in [4.69, 9.17) is 10.5 Å². The second-order valence-electron chi connectivity index (χ2n) is 4.22. The highest BCUT2D eigenvalue weighted by atomic mass is 16.5. The topological polar surface area (TPSA) is 57.2 Å². The SMILES string of the molecule is COc1ccc(C)c2c(CC(N)=O)cn(C)c12. The minimum atomic E-state index is -0.320. The summed E-state index contributed by atoms with van der Waals surface area (Å²) in [5.41, 5.74) is 8.34. The van der Waals surface area contributed by atoms with Gasteiger partial charge in [-0.15, -0.1) is 0 Å². The second-order valence-corrected chi connectivity index (χ2v) is 4.22. The van der Waals surface area contributed by atoms with Gasteiger partial charge in [0.05, 0.1) is 19.0 Å². The lowest BCUT2D eigenvalue weighted by Crippen LogP contribution is -2.13. The summed E-state index contributed by atoms with van der Waals surface area (Å²) in [6, 6.07) is 3.93. The number of methoxy groups -OCH3 is 1. The van der Waals surface area contributed by atoms with Gasteiger partial charge in [0, 0.05) is 18.6 Å². The first-order valence-corrected chi connectivity index (χ1v) is 5.44. The van der Waals surface area contributed by atoms with Crippen molar-refractivity contribution in [3.05, 3.63) is 29.5 Å². The highest BCUT2D eigenvalue weighted by Gasteiger charge is 2.14. The normalized spacial score (nSPS) is 10.8. The van der Waals surface area contributed by atoms with E-state index < -0.39 is 0 Å². The Hall–Kier alpha value is -1.97. The van der Waals surface area contributed by atoms with Crippen LogP contribution in [0, 0.1) is 6.92 Å². The first-order valence-electron chi connectivity index (χ1n) is 5.44. The Bertz CT molecular complexity index is 585.